The average Bonchev–Trinajstić information content (AvgIpc) is 3.32. The molecule has 0 saturated heterocycles. The summed E-state index contributed by atoms with van der Waals surface area (Å²) in [6, 6.07) is 9.51. The Bertz CT molecular complexity index is 743. The fraction of sp³-hybridized carbons (Fsp3) is 0.222. The number of rotatable bonds is 4. The quantitative estimate of drug-likeness (QED) is 0.748. The number of furan rings is 2. The first-order chi connectivity index (χ1) is 11.8. The van der Waals surface area contributed by atoms with E-state index in [0.717, 1.165) is 22.7 Å². The van der Waals surface area contributed by atoms with Crippen LogP contribution in [0.25, 0.3) is 0 Å². The first kappa shape index (κ1) is 14.6. The van der Waals surface area contributed by atoms with Crippen molar-refractivity contribution < 1.29 is 18.3 Å². The van der Waals surface area contributed by atoms with Gasteiger partial charge < -0.3 is 28.9 Å². The van der Waals surface area contributed by atoms with Gasteiger partial charge in [0.1, 0.15) is 11.8 Å². The van der Waals surface area contributed by atoms with Crippen molar-refractivity contribution in [1.29, 1.82) is 0 Å². The lowest BCUT2D eigenvalue weighted by Crippen LogP contribution is -2.29. The highest BCUT2D eigenvalue weighted by molar-refractivity contribution is 5.77. The summed E-state index contributed by atoms with van der Waals surface area (Å²) in [5.41, 5.74) is 2.89. The van der Waals surface area contributed by atoms with E-state index in [9.17, 15) is 0 Å². The molecule has 1 aromatic carbocycles. The number of fused-ring (bicyclic) bond motifs is 1. The fourth-order valence-corrected chi connectivity index (χ4v) is 3.05. The minimum Gasteiger partial charge on any atom is -0.493 e. The molecule has 1 aliphatic heterocycles. The van der Waals surface area contributed by atoms with Gasteiger partial charge in [-0.25, -0.2) is 0 Å². The van der Waals surface area contributed by atoms with Crippen LogP contribution in [0.3, 0.4) is 0 Å². The molecule has 0 fully saturated rings. The molecule has 0 spiro atoms. The van der Waals surface area contributed by atoms with Crippen LogP contribution < -0.4 is 20.1 Å². The van der Waals surface area contributed by atoms with Gasteiger partial charge in [0.15, 0.2) is 11.5 Å². The Kier molecular flexibility index (Phi) is 3.57. The maximum atomic E-state index is 5.63. The highest BCUT2D eigenvalue weighted by Crippen LogP contribution is 2.46. The monoisotopic (exact) mass is 326 g/mol. The van der Waals surface area contributed by atoms with Gasteiger partial charge in [0.05, 0.1) is 50.4 Å². The van der Waals surface area contributed by atoms with Gasteiger partial charge in [-0.2, -0.15) is 0 Å². The van der Waals surface area contributed by atoms with Gasteiger partial charge in [0.25, 0.3) is 0 Å². The molecule has 1 aliphatic rings. The van der Waals surface area contributed by atoms with Crippen LogP contribution in [0.1, 0.15) is 23.4 Å². The van der Waals surface area contributed by atoms with Crippen molar-refractivity contribution in [2.75, 3.05) is 24.9 Å². The molecular formula is C18H18N2O4. The lowest BCUT2D eigenvalue weighted by Gasteiger charge is -2.35. The Hall–Kier alpha value is -3.02. The van der Waals surface area contributed by atoms with E-state index in [2.05, 4.69) is 10.6 Å². The zero-order chi connectivity index (χ0) is 16.5. The van der Waals surface area contributed by atoms with Crippen molar-refractivity contribution in [1.82, 2.24) is 0 Å². The van der Waals surface area contributed by atoms with Crippen LogP contribution in [-0.2, 0) is 0 Å². The van der Waals surface area contributed by atoms with E-state index < -0.39 is 0 Å². The number of hydrogen-bond donors (Lipinski definition) is 2. The molecule has 6 heteroatoms. The number of hydrogen-bond acceptors (Lipinski definition) is 6. The molecule has 2 aromatic heterocycles. The highest BCUT2D eigenvalue weighted by atomic mass is 16.5. The summed E-state index contributed by atoms with van der Waals surface area (Å²) >= 11 is 0. The zero-order valence-corrected chi connectivity index (χ0v) is 13.4. The van der Waals surface area contributed by atoms with Crippen molar-refractivity contribution in [3.8, 4) is 11.5 Å². The van der Waals surface area contributed by atoms with Gasteiger partial charge in [0.2, 0.25) is 0 Å². The molecule has 6 nitrogen and oxygen atoms in total. The van der Waals surface area contributed by atoms with Gasteiger partial charge in [-0.3, -0.25) is 0 Å². The van der Waals surface area contributed by atoms with Crippen LogP contribution in [0.15, 0.2) is 58.0 Å². The first-order valence-electron chi connectivity index (χ1n) is 7.64. The molecule has 0 bridgehead atoms. The normalized spacial score (nSPS) is 19.1. The molecule has 0 amide bonds. The number of methoxy groups -OCH3 is 2. The predicted octanol–water partition coefficient (Wildman–Crippen LogP) is 4.21. The van der Waals surface area contributed by atoms with Crippen molar-refractivity contribution >= 4 is 11.4 Å². The molecule has 124 valence electrons. The second kappa shape index (κ2) is 5.88. The van der Waals surface area contributed by atoms with Crippen LogP contribution in [0.4, 0.5) is 11.4 Å². The summed E-state index contributed by atoms with van der Waals surface area (Å²) in [6.45, 7) is 0. The van der Waals surface area contributed by atoms with Crippen molar-refractivity contribution in [3.05, 3.63) is 60.4 Å². The van der Waals surface area contributed by atoms with Crippen molar-refractivity contribution in [2.45, 2.75) is 12.1 Å². The topological polar surface area (TPSA) is 68.8 Å². The lowest BCUT2D eigenvalue weighted by molar-refractivity contribution is 0.355. The molecule has 0 saturated carbocycles. The van der Waals surface area contributed by atoms with Crippen LogP contribution in [0, 0.1) is 0 Å². The summed E-state index contributed by atoms with van der Waals surface area (Å²) in [5.74, 6) is 2.19. The van der Waals surface area contributed by atoms with Gasteiger partial charge >= 0.3 is 0 Å². The van der Waals surface area contributed by atoms with E-state index in [0.29, 0.717) is 11.5 Å². The van der Waals surface area contributed by atoms with E-state index >= 15 is 0 Å². The van der Waals surface area contributed by atoms with E-state index in [1.165, 1.54) is 0 Å². The molecule has 24 heavy (non-hydrogen) atoms. The molecule has 0 aliphatic carbocycles. The third kappa shape index (κ3) is 2.36. The Morgan fingerprint density at radius 3 is 2.17 bits per heavy atom. The molecule has 2 N–H and O–H groups in total. The zero-order valence-electron chi connectivity index (χ0n) is 13.4. The smallest absolute Gasteiger partial charge is 0.162 e. The molecule has 3 heterocycles. The fourth-order valence-electron chi connectivity index (χ4n) is 3.05. The highest BCUT2D eigenvalue weighted by Gasteiger charge is 2.33. The largest absolute Gasteiger partial charge is 0.493 e. The van der Waals surface area contributed by atoms with Crippen LogP contribution in [0.5, 0.6) is 11.5 Å². The molecule has 2 unspecified atom stereocenters. The Labute approximate surface area is 139 Å². The van der Waals surface area contributed by atoms with Crippen molar-refractivity contribution in [2.24, 2.45) is 0 Å². The molecule has 3 aromatic rings. The summed E-state index contributed by atoms with van der Waals surface area (Å²) in [4.78, 5) is 0. The summed E-state index contributed by atoms with van der Waals surface area (Å²) in [5, 5.41) is 7.08. The van der Waals surface area contributed by atoms with Crippen molar-refractivity contribution in [3.63, 3.8) is 0 Å². The van der Waals surface area contributed by atoms with Gasteiger partial charge in [-0.15, -0.1) is 0 Å². The standard InChI is InChI=1S/C18H18N2O4/c1-21-15-8-12-13(9-16(15)22-2)20-18(14-4-3-6-24-14)17(19-12)11-5-7-23-10-11/h3-10,17-20H,1-2H3. The number of nitrogens with one attached hydrogen (secondary N) is 2. The number of ether oxygens (including phenoxy) is 2. The second-order valence-electron chi connectivity index (χ2n) is 5.57. The number of anilines is 2. The van der Waals surface area contributed by atoms with Gasteiger partial charge in [-0.1, -0.05) is 0 Å². The van der Waals surface area contributed by atoms with E-state index in [4.69, 9.17) is 18.3 Å². The summed E-state index contributed by atoms with van der Waals surface area (Å²) < 4.78 is 21.7. The van der Waals surface area contributed by atoms with E-state index in [1.807, 2.05) is 30.3 Å². The number of benzene rings is 1. The van der Waals surface area contributed by atoms with E-state index in [1.54, 1.807) is 33.0 Å². The maximum Gasteiger partial charge on any atom is 0.162 e. The van der Waals surface area contributed by atoms with Crippen LogP contribution >= 0.6 is 0 Å². The van der Waals surface area contributed by atoms with Gasteiger partial charge in [-0.05, 0) is 18.2 Å². The predicted molar refractivity (Wildman–Crippen MR) is 89.7 cm³/mol. The SMILES string of the molecule is COc1cc2c(cc1OC)NC(c1ccco1)C(c1ccoc1)N2. The third-order valence-corrected chi connectivity index (χ3v) is 4.23. The van der Waals surface area contributed by atoms with Gasteiger partial charge in [0, 0.05) is 17.7 Å². The van der Waals surface area contributed by atoms with Crippen LogP contribution in [0.2, 0.25) is 0 Å². The molecule has 4 rings (SSSR count). The second-order valence-corrected chi connectivity index (χ2v) is 5.57. The van der Waals surface area contributed by atoms with Crippen LogP contribution in [-0.4, -0.2) is 14.2 Å². The molecular weight excluding hydrogens is 308 g/mol. The lowest BCUT2D eigenvalue weighted by atomic mass is 9.96. The Morgan fingerprint density at radius 1 is 0.917 bits per heavy atom. The first-order valence-corrected chi connectivity index (χ1v) is 7.64. The Morgan fingerprint density at radius 2 is 1.62 bits per heavy atom. The average molecular weight is 326 g/mol. The molecule has 0 radical (unpaired) electrons. The minimum atomic E-state index is -0.0804. The maximum absolute atomic E-state index is 5.63. The minimum absolute atomic E-state index is 0.0412. The summed E-state index contributed by atoms with van der Waals surface area (Å²) in [7, 11) is 3.25. The van der Waals surface area contributed by atoms with E-state index in [-0.39, 0.29) is 12.1 Å². The third-order valence-electron chi connectivity index (χ3n) is 4.23. The summed E-state index contributed by atoms with van der Waals surface area (Å²) in [6.07, 6.45) is 5.08. The Balaban J connectivity index is 1.79. The molecule has 2 atom stereocenters.